The van der Waals surface area contributed by atoms with E-state index >= 15 is 0 Å². The summed E-state index contributed by atoms with van der Waals surface area (Å²) in [6.07, 6.45) is 0.760. The van der Waals surface area contributed by atoms with Gasteiger partial charge in [0.1, 0.15) is 5.82 Å². The predicted octanol–water partition coefficient (Wildman–Crippen LogP) is 1.76. The van der Waals surface area contributed by atoms with Crippen molar-refractivity contribution in [3.63, 3.8) is 0 Å². The van der Waals surface area contributed by atoms with Gasteiger partial charge in [0.2, 0.25) is 0 Å². The Hall–Kier alpha value is -1.71. The van der Waals surface area contributed by atoms with Gasteiger partial charge in [-0.2, -0.15) is 0 Å². The fourth-order valence-electron chi connectivity index (χ4n) is 1.72. The van der Waals surface area contributed by atoms with Crippen LogP contribution in [-0.2, 0) is 4.79 Å². The van der Waals surface area contributed by atoms with Crippen molar-refractivity contribution >= 4 is 17.4 Å². The molecule has 1 heterocycles. The summed E-state index contributed by atoms with van der Waals surface area (Å²) < 4.78 is 12.9. The summed E-state index contributed by atoms with van der Waals surface area (Å²) in [6.45, 7) is 2.41. The highest BCUT2D eigenvalue weighted by atomic mass is 19.1. The second kappa shape index (κ2) is 3.46. The molecule has 0 saturated heterocycles. The van der Waals surface area contributed by atoms with E-state index in [1.54, 1.807) is 0 Å². The lowest BCUT2D eigenvalue weighted by Gasteiger charge is -2.14. The molecule has 1 aliphatic rings. The van der Waals surface area contributed by atoms with Crippen LogP contribution in [0, 0.1) is 5.82 Å². The first kappa shape index (κ1) is 9.83. The van der Waals surface area contributed by atoms with Crippen molar-refractivity contribution < 1.29 is 14.0 Å². The molecule has 0 unspecified atom stereocenters. The second-order valence-electron chi connectivity index (χ2n) is 3.45. The molecule has 1 aromatic carbocycles. The van der Waals surface area contributed by atoms with E-state index in [9.17, 15) is 14.0 Å². The zero-order chi connectivity index (χ0) is 11.0. The number of hydrogen-bond donors (Lipinski definition) is 0. The number of benzene rings is 1. The summed E-state index contributed by atoms with van der Waals surface area (Å²) in [5, 5.41) is 0. The highest BCUT2D eigenvalue weighted by Gasteiger charge is 2.35. The molecule has 0 aromatic heterocycles. The van der Waals surface area contributed by atoms with Crippen LogP contribution in [-0.4, -0.2) is 18.2 Å². The van der Waals surface area contributed by atoms with Crippen LogP contribution in [0.25, 0.3) is 0 Å². The number of anilines is 1. The minimum Gasteiger partial charge on any atom is -0.305 e. The molecule has 0 fully saturated rings. The quantitative estimate of drug-likeness (QED) is 0.693. The molecular formula is C11H10FNO2. The Morgan fingerprint density at radius 1 is 1.33 bits per heavy atom. The SMILES string of the molecule is CCCN1C(=O)C(=O)c2cc(F)ccc21. The molecule has 0 N–H and O–H groups in total. The van der Waals surface area contributed by atoms with Gasteiger partial charge in [0.15, 0.2) is 0 Å². The van der Waals surface area contributed by atoms with Gasteiger partial charge in [-0.05, 0) is 24.6 Å². The lowest BCUT2D eigenvalue weighted by Crippen LogP contribution is -2.30. The molecule has 0 spiro atoms. The Morgan fingerprint density at radius 2 is 2.07 bits per heavy atom. The van der Waals surface area contributed by atoms with Gasteiger partial charge in [0.05, 0.1) is 11.3 Å². The Bertz CT molecular complexity index is 442. The first-order chi connectivity index (χ1) is 7.15. The monoisotopic (exact) mass is 207 g/mol. The molecule has 1 aromatic rings. The van der Waals surface area contributed by atoms with E-state index in [1.807, 2.05) is 6.92 Å². The van der Waals surface area contributed by atoms with Gasteiger partial charge in [-0.3, -0.25) is 9.59 Å². The second-order valence-corrected chi connectivity index (χ2v) is 3.45. The van der Waals surface area contributed by atoms with E-state index in [0.29, 0.717) is 12.2 Å². The Labute approximate surface area is 86.5 Å². The molecule has 1 aliphatic heterocycles. The van der Waals surface area contributed by atoms with Crippen LogP contribution in [0.15, 0.2) is 18.2 Å². The lowest BCUT2D eigenvalue weighted by atomic mass is 10.1. The molecule has 0 bridgehead atoms. The topological polar surface area (TPSA) is 37.4 Å². The van der Waals surface area contributed by atoms with Gasteiger partial charge in [-0.1, -0.05) is 6.92 Å². The van der Waals surface area contributed by atoms with Crippen molar-refractivity contribution in [2.75, 3.05) is 11.4 Å². The molecule has 2 rings (SSSR count). The minimum absolute atomic E-state index is 0.174. The number of halogens is 1. The summed E-state index contributed by atoms with van der Waals surface area (Å²) in [6, 6.07) is 3.85. The largest absolute Gasteiger partial charge is 0.305 e. The van der Waals surface area contributed by atoms with Gasteiger partial charge < -0.3 is 4.90 Å². The Balaban J connectivity index is 2.50. The molecular weight excluding hydrogens is 197 g/mol. The summed E-state index contributed by atoms with van der Waals surface area (Å²) >= 11 is 0. The standard InChI is InChI=1S/C11H10FNO2/c1-2-5-13-9-4-3-7(12)6-8(9)10(14)11(13)15/h3-4,6H,2,5H2,1H3. The Morgan fingerprint density at radius 3 is 2.73 bits per heavy atom. The van der Waals surface area contributed by atoms with Crippen molar-refractivity contribution in [2.45, 2.75) is 13.3 Å². The highest BCUT2D eigenvalue weighted by Crippen LogP contribution is 2.29. The third-order valence-corrected chi connectivity index (χ3v) is 2.38. The minimum atomic E-state index is -0.613. The molecule has 0 saturated carbocycles. The maximum atomic E-state index is 12.9. The smallest absolute Gasteiger partial charge is 0.299 e. The average Bonchev–Trinajstić information content (AvgIpc) is 2.44. The number of amides is 1. The molecule has 1 amide bonds. The van der Waals surface area contributed by atoms with E-state index in [4.69, 9.17) is 0 Å². The van der Waals surface area contributed by atoms with E-state index in [0.717, 1.165) is 12.5 Å². The molecule has 4 heteroatoms. The highest BCUT2D eigenvalue weighted by molar-refractivity contribution is 6.52. The zero-order valence-electron chi connectivity index (χ0n) is 8.29. The molecule has 0 radical (unpaired) electrons. The predicted molar refractivity (Wildman–Crippen MR) is 53.4 cm³/mol. The van der Waals surface area contributed by atoms with Crippen molar-refractivity contribution in [1.82, 2.24) is 0 Å². The Kier molecular flexibility index (Phi) is 2.26. The van der Waals surface area contributed by atoms with Crippen LogP contribution in [0.4, 0.5) is 10.1 Å². The van der Waals surface area contributed by atoms with Crippen molar-refractivity contribution in [1.29, 1.82) is 0 Å². The number of hydrogen-bond acceptors (Lipinski definition) is 2. The van der Waals surface area contributed by atoms with Gasteiger partial charge in [-0.15, -0.1) is 0 Å². The maximum absolute atomic E-state index is 12.9. The van der Waals surface area contributed by atoms with Gasteiger partial charge in [0, 0.05) is 6.54 Å². The van der Waals surface area contributed by atoms with Crippen LogP contribution in [0.1, 0.15) is 23.7 Å². The summed E-state index contributed by atoms with van der Waals surface area (Å²) in [5.41, 5.74) is 0.696. The number of Topliss-reactive ketones (excluding diaryl/α,β-unsaturated/α-hetero) is 1. The van der Waals surface area contributed by atoms with Crippen molar-refractivity contribution in [3.8, 4) is 0 Å². The van der Waals surface area contributed by atoms with Gasteiger partial charge in [-0.25, -0.2) is 4.39 Å². The van der Waals surface area contributed by atoms with E-state index in [2.05, 4.69) is 0 Å². The van der Waals surface area contributed by atoms with Gasteiger partial charge in [0.25, 0.3) is 11.7 Å². The first-order valence-electron chi connectivity index (χ1n) is 4.81. The van der Waals surface area contributed by atoms with E-state index < -0.39 is 17.5 Å². The summed E-state index contributed by atoms with van der Waals surface area (Å²) in [4.78, 5) is 24.4. The fourth-order valence-corrected chi connectivity index (χ4v) is 1.72. The third kappa shape index (κ3) is 1.42. The average molecular weight is 207 g/mol. The van der Waals surface area contributed by atoms with Crippen LogP contribution in [0.5, 0.6) is 0 Å². The van der Waals surface area contributed by atoms with Crippen LogP contribution in [0.2, 0.25) is 0 Å². The first-order valence-corrected chi connectivity index (χ1v) is 4.81. The molecule has 0 atom stereocenters. The number of nitrogens with zero attached hydrogens (tertiary/aromatic N) is 1. The molecule has 0 aliphatic carbocycles. The van der Waals surface area contributed by atoms with Crippen molar-refractivity contribution in [2.24, 2.45) is 0 Å². The number of carbonyl (C=O) groups is 2. The number of ketones is 1. The number of fused-ring (bicyclic) bond motifs is 1. The van der Waals surface area contributed by atoms with Crippen molar-refractivity contribution in [3.05, 3.63) is 29.6 Å². The van der Waals surface area contributed by atoms with Crippen LogP contribution < -0.4 is 4.90 Å². The molecule has 15 heavy (non-hydrogen) atoms. The maximum Gasteiger partial charge on any atom is 0.299 e. The fraction of sp³-hybridized carbons (Fsp3) is 0.273. The normalized spacial score (nSPS) is 14.7. The third-order valence-electron chi connectivity index (χ3n) is 2.38. The molecule has 78 valence electrons. The number of rotatable bonds is 2. The van der Waals surface area contributed by atoms with E-state index in [1.165, 1.54) is 17.0 Å². The number of carbonyl (C=O) groups excluding carboxylic acids is 2. The van der Waals surface area contributed by atoms with E-state index in [-0.39, 0.29) is 5.56 Å². The van der Waals surface area contributed by atoms with Gasteiger partial charge >= 0.3 is 0 Å². The zero-order valence-corrected chi connectivity index (χ0v) is 8.29. The summed E-state index contributed by atoms with van der Waals surface area (Å²) in [5.74, 6) is -1.66. The van der Waals surface area contributed by atoms with Crippen LogP contribution in [0.3, 0.4) is 0 Å². The lowest BCUT2D eigenvalue weighted by molar-refractivity contribution is -0.114. The molecule has 3 nitrogen and oxygen atoms in total. The summed E-state index contributed by atoms with van der Waals surface area (Å²) in [7, 11) is 0. The van der Waals surface area contributed by atoms with Crippen LogP contribution >= 0.6 is 0 Å².